The normalized spacial score (nSPS) is 12.0. The van der Waals surface area contributed by atoms with Crippen LogP contribution >= 0.6 is 15.9 Å². The first kappa shape index (κ1) is 18.6. The van der Waals surface area contributed by atoms with Crippen molar-refractivity contribution in [3.63, 3.8) is 0 Å². The molecule has 0 aliphatic carbocycles. The predicted octanol–water partition coefficient (Wildman–Crippen LogP) is 3.82. The molecule has 0 saturated heterocycles. The maximum atomic E-state index is 12.5. The van der Waals surface area contributed by atoms with Gasteiger partial charge in [-0.3, -0.25) is 4.79 Å². The maximum absolute atomic E-state index is 12.5. The van der Waals surface area contributed by atoms with Gasteiger partial charge in [-0.15, -0.1) is 0 Å². The molecule has 0 atom stereocenters. The largest absolute Gasteiger partial charge is 0.289 e. The number of nitrogens with zero attached hydrogens (tertiary/aromatic N) is 1. The smallest absolute Gasteiger partial charge is 0.244 e. The van der Waals surface area contributed by atoms with E-state index in [-0.39, 0.29) is 17.2 Å². The van der Waals surface area contributed by atoms with Gasteiger partial charge in [0.1, 0.15) is 0 Å². The molecule has 0 aliphatic rings. The van der Waals surface area contributed by atoms with Crippen LogP contribution < -0.4 is 0 Å². The molecule has 0 aromatic heterocycles. The number of sulfonamides is 1. The lowest BCUT2D eigenvalue weighted by Crippen LogP contribution is -2.27. The van der Waals surface area contributed by atoms with Gasteiger partial charge in [0, 0.05) is 23.6 Å². The molecule has 0 bridgehead atoms. The molecule has 6 heteroatoms. The molecule has 0 spiro atoms. The maximum Gasteiger partial charge on any atom is 0.244 e. The monoisotopic (exact) mass is 407 g/mol. The summed E-state index contributed by atoms with van der Waals surface area (Å²) in [6, 6.07) is 13.9. The number of likely N-dealkylation sites (N-methyl/N-ethyl adjacent to an activating group) is 1. The van der Waals surface area contributed by atoms with Crippen molar-refractivity contribution in [1.29, 1.82) is 0 Å². The van der Waals surface area contributed by atoms with Crippen molar-refractivity contribution in [3.05, 3.63) is 76.3 Å². The Hall–Kier alpha value is -1.76. The van der Waals surface area contributed by atoms with E-state index in [1.165, 1.54) is 23.5 Å². The van der Waals surface area contributed by atoms with Crippen LogP contribution in [0.1, 0.15) is 15.9 Å². The molecule has 2 aromatic carbocycles. The van der Waals surface area contributed by atoms with Gasteiger partial charge < -0.3 is 0 Å². The summed E-state index contributed by atoms with van der Waals surface area (Å²) in [5.41, 5.74) is 1.66. The van der Waals surface area contributed by atoms with Crippen LogP contribution in [0.3, 0.4) is 0 Å². The molecule has 2 rings (SSSR count). The van der Waals surface area contributed by atoms with E-state index in [0.717, 1.165) is 5.56 Å². The van der Waals surface area contributed by atoms with Crippen molar-refractivity contribution in [3.8, 4) is 0 Å². The molecule has 126 valence electrons. The Morgan fingerprint density at radius 2 is 1.75 bits per heavy atom. The fraction of sp³-hybridized carbons (Fsp3) is 0.167. The summed E-state index contributed by atoms with van der Waals surface area (Å²) in [4.78, 5) is 12.2. The first-order chi connectivity index (χ1) is 11.3. The van der Waals surface area contributed by atoms with Crippen LogP contribution in [0.4, 0.5) is 0 Å². The molecule has 0 amide bonds. The summed E-state index contributed by atoms with van der Waals surface area (Å²) >= 11 is 3.25. The standard InChI is InChI=1S/C18H18BrNO3S/c1-14-9-11-15(12-10-14)17(21)7-5-13-20(2)24(22,23)18-8-4-3-6-16(18)19/h3-12H,13H2,1-2H3/b7-5+. The van der Waals surface area contributed by atoms with Gasteiger partial charge in [0.2, 0.25) is 10.0 Å². The summed E-state index contributed by atoms with van der Waals surface area (Å²) in [6.07, 6.45) is 2.95. The average molecular weight is 408 g/mol. The minimum Gasteiger partial charge on any atom is -0.289 e. The van der Waals surface area contributed by atoms with Gasteiger partial charge in [0.05, 0.1) is 4.90 Å². The fourth-order valence-corrected chi connectivity index (χ4v) is 4.12. The highest BCUT2D eigenvalue weighted by molar-refractivity contribution is 9.10. The zero-order valence-corrected chi connectivity index (χ0v) is 15.8. The minimum atomic E-state index is -3.61. The van der Waals surface area contributed by atoms with Crippen molar-refractivity contribution in [2.24, 2.45) is 0 Å². The molecule has 0 saturated carbocycles. The number of carbonyl (C=O) groups is 1. The molecular formula is C18H18BrNO3S. The van der Waals surface area contributed by atoms with E-state index >= 15 is 0 Å². The highest BCUT2D eigenvalue weighted by Crippen LogP contribution is 2.23. The molecule has 0 N–H and O–H groups in total. The van der Waals surface area contributed by atoms with Gasteiger partial charge in [-0.25, -0.2) is 8.42 Å². The van der Waals surface area contributed by atoms with Crippen molar-refractivity contribution in [1.82, 2.24) is 4.31 Å². The number of carbonyl (C=O) groups excluding carboxylic acids is 1. The summed E-state index contributed by atoms with van der Waals surface area (Å²) in [5.74, 6) is -0.151. The second-order valence-corrected chi connectivity index (χ2v) is 8.22. The second kappa shape index (κ2) is 7.88. The number of hydrogen-bond acceptors (Lipinski definition) is 3. The van der Waals surface area contributed by atoms with Crippen LogP contribution in [0.15, 0.2) is 70.1 Å². The average Bonchev–Trinajstić information content (AvgIpc) is 2.55. The highest BCUT2D eigenvalue weighted by Gasteiger charge is 2.21. The lowest BCUT2D eigenvalue weighted by Gasteiger charge is -2.16. The number of ketones is 1. The molecule has 4 nitrogen and oxygen atoms in total. The molecule has 0 radical (unpaired) electrons. The second-order valence-electron chi connectivity index (χ2n) is 5.35. The van der Waals surface area contributed by atoms with Crippen molar-refractivity contribution in [2.75, 3.05) is 13.6 Å². The first-order valence-corrected chi connectivity index (χ1v) is 9.54. The van der Waals surface area contributed by atoms with E-state index in [0.29, 0.717) is 10.0 Å². The molecule has 24 heavy (non-hydrogen) atoms. The zero-order chi connectivity index (χ0) is 17.7. The Balaban J connectivity index is 2.07. The van der Waals surface area contributed by atoms with E-state index in [2.05, 4.69) is 15.9 Å². The number of benzene rings is 2. The Morgan fingerprint density at radius 1 is 1.12 bits per heavy atom. The Labute approximate surface area is 151 Å². The van der Waals surface area contributed by atoms with Crippen LogP contribution in [-0.4, -0.2) is 32.1 Å². The van der Waals surface area contributed by atoms with E-state index < -0.39 is 10.0 Å². The molecule has 2 aromatic rings. The van der Waals surface area contributed by atoms with Crippen molar-refractivity contribution >= 4 is 31.7 Å². The van der Waals surface area contributed by atoms with Gasteiger partial charge in [0.25, 0.3) is 0 Å². The number of aryl methyl sites for hydroxylation is 1. The quantitative estimate of drug-likeness (QED) is 0.540. The van der Waals surface area contributed by atoms with Crippen LogP contribution in [0.2, 0.25) is 0 Å². The molecule has 0 unspecified atom stereocenters. The predicted molar refractivity (Wildman–Crippen MR) is 98.6 cm³/mol. The van der Waals surface area contributed by atoms with Crippen molar-refractivity contribution in [2.45, 2.75) is 11.8 Å². The van der Waals surface area contributed by atoms with Gasteiger partial charge in [-0.05, 0) is 41.1 Å². The molecule has 0 aliphatic heterocycles. The fourth-order valence-electron chi connectivity index (χ4n) is 2.04. The van der Waals surface area contributed by atoms with E-state index in [9.17, 15) is 13.2 Å². The van der Waals surface area contributed by atoms with E-state index in [1.54, 1.807) is 36.4 Å². The number of allylic oxidation sites excluding steroid dienone is 1. The lowest BCUT2D eigenvalue weighted by molar-refractivity contribution is 0.104. The third-order valence-electron chi connectivity index (χ3n) is 3.49. The summed E-state index contributed by atoms with van der Waals surface area (Å²) < 4.78 is 26.7. The van der Waals surface area contributed by atoms with Gasteiger partial charge in [-0.2, -0.15) is 4.31 Å². The highest BCUT2D eigenvalue weighted by atomic mass is 79.9. The Morgan fingerprint density at radius 3 is 2.38 bits per heavy atom. The third kappa shape index (κ3) is 4.41. The van der Waals surface area contributed by atoms with Gasteiger partial charge >= 0.3 is 0 Å². The van der Waals surface area contributed by atoms with Gasteiger partial charge in [0.15, 0.2) is 5.78 Å². The topological polar surface area (TPSA) is 54.5 Å². The van der Waals surface area contributed by atoms with Gasteiger partial charge in [-0.1, -0.05) is 48.0 Å². The lowest BCUT2D eigenvalue weighted by atomic mass is 10.1. The van der Waals surface area contributed by atoms with Crippen LogP contribution in [0.25, 0.3) is 0 Å². The number of rotatable bonds is 6. The summed E-state index contributed by atoms with van der Waals surface area (Å²) in [7, 11) is -2.13. The van der Waals surface area contributed by atoms with Crippen LogP contribution in [-0.2, 0) is 10.0 Å². The third-order valence-corrected chi connectivity index (χ3v) is 6.33. The summed E-state index contributed by atoms with van der Waals surface area (Å²) in [5, 5.41) is 0. The minimum absolute atomic E-state index is 0.112. The zero-order valence-electron chi connectivity index (χ0n) is 13.4. The number of hydrogen-bond donors (Lipinski definition) is 0. The Bertz CT molecular complexity index is 858. The Kier molecular flexibility index (Phi) is 6.10. The first-order valence-electron chi connectivity index (χ1n) is 7.31. The SMILES string of the molecule is Cc1ccc(C(=O)/C=C/CN(C)S(=O)(=O)c2ccccc2Br)cc1. The van der Waals surface area contributed by atoms with Crippen LogP contribution in [0.5, 0.6) is 0 Å². The molecule has 0 heterocycles. The van der Waals surface area contributed by atoms with Crippen LogP contribution in [0, 0.1) is 6.92 Å². The van der Waals surface area contributed by atoms with Crippen molar-refractivity contribution < 1.29 is 13.2 Å². The van der Waals surface area contributed by atoms with E-state index in [1.807, 2.05) is 19.1 Å². The summed E-state index contributed by atoms with van der Waals surface area (Å²) in [6.45, 7) is 2.06. The molecular weight excluding hydrogens is 390 g/mol. The molecule has 0 fully saturated rings. The number of halogens is 1. The van der Waals surface area contributed by atoms with E-state index in [4.69, 9.17) is 0 Å².